The first-order valence-corrected chi connectivity index (χ1v) is 10.1. The summed E-state index contributed by atoms with van der Waals surface area (Å²) in [5.74, 6) is 0.430. The van der Waals surface area contributed by atoms with Gasteiger partial charge in [-0.15, -0.1) is 0 Å². The Morgan fingerprint density at radius 2 is 1.62 bits per heavy atom. The predicted octanol–water partition coefficient (Wildman–Crippen LogP) is 4.21. The smallest absolute Gasteiger partial charge is 0.261 e. The number of fused-ring (bicyclic) bond motifs is 1. The zero-order chi connectivity index (χ0) is 20.6. The van der Waals surface area contributed by atoms with E-state index in [1.165, 1.54) is 10.5 Å². The van der Waals surface area contributed by atoms with Crippen LogP contribution in [0.2, 0.25) is 0 Å². The normalized spacial score (nSPS) is 23.2. The molecular weight excluding hydrogens is 366 g/mol. The van der Waals surface area contributed by atoms with Crippen molar-refractivity contribution in [1.82, 2.24) is 4.90 Å². The zero-order valence-corrected chi connectivity index (χ0v) is 17.2. The molecule has 2 heterocycles. The number of hydrogen-bond acceptors (Lipinski definition) is 4. The number of nitrogens with zero attached hydrogens (tertiary/aromatic N) is 1. The van der Waals surface area contributed by atoms with Gasteiger partial charge in [-0.25, -0.2) is 0 Å². The molecule has 5 nitrogen and oxygen atoms in total. The first kappa shape index (κ1) is 19.6. The van der Waals surface area contributed by atoms with E-state index in [-0.39, 0.29) is 22.8 Å². The number of amides is 2. The van der Waals surface area contributed by atoms with Crippen LogP contribution in [0.15, 0.2) is 48.5 Å². The molecular formula is C24H27NO4. The fraction of sp³-hybridized carbons (Fsp3) is 0.417. The molecule has 2 aliphatic heterocycles. The molecule has 2 aliphatic rings. The molecule has 1 fully saturated rings. The van der Waals surface area contributed by atoms with E-state index in [1.807, 2.05) is 12.1 Å². The topological polar surface area (TPSA) is 55.8 Å². The summed E-state index contributed by atoms with van der Waals surface area (Å²) in [5, 5.41) is 0. The minimum atomic E-state index is -0.264. The number of benzene rings is 2. The van der Waals surface area contributed by atoms with Crippen molar-refractivity contribution in [2.75, 3.05) is 20.3 Å². The highest BCUT2D eigenvalue weighted by atomic mass is 16.5. The summed E-state index contributed by atoms with van der Waals surface area (Å²) in [6, 6.07) is 15.2. The van der Waals surface area contributed by atoms with Crippen LogP contribution in [-0.4, -0.2) is 42.6 Å². The number of methoxy groups -OCH3 is 1. The minimum Gasteiger partial charge on any atom is -0.497 e. The lowest BCUT2D eigenvalue weighted by Crippen LogP contribution is -2.46. The Labute approximate surface area is 171 Å². The number of carbonyl (C=O) groups is 2. The summed E-state index contributed by atoms with van der Waals surface area (Å²) in [6.07, 6.45) is 2.39. The predicted molar refractivity (Wildman–Crippen MR) is 110 cm³/mol. The van der Waals surface area contributed by atoms with E-state index in [9.17, 15) is 9.59 Å². The molecule has 0 aliphatic carbocycles. The van der Waals surface area contributed by atoms with Gasteiger partial charge in [0, 0.05) is 18.6 Å². The van der Waals surface area contributed by atoms with E-state index in [2.05, 4.69) is 26.0 Å². The van der Waals surface area contributed by atoms with Crippen LogP contribution < -0.4 is 4.74 Å². The Bertz CT molecular complexity index is 899. The van der Waals surface area contributed by atoms with Crippen molar-refractivity contribution >= 4 is 11.8 Å². The van der Waals surface area contributed by atoms with E-state index in [1.54, 1.807) is 31.4 Å². The lowest BCUT2D eigenvalue weighted by molar-refractivity contribution is -0.0846. The molecule has 0 spiro atoms. The van der Waals surface area contributed by atoms with Gasteiger partial charge in [0.2, 0.25) is 0 Å². The molecule has 0 radical (unpaired) electrons. The fourth-order valence-electron chi connectivity index (χ4n) is 4.79. The monoisotopic (exact) mass is 393 g/mol. The van der Waals surface area contributed by atoms with Crippen molar-refractivity contribution in [3.05, 3.63) is 65.2 Å². The van der Waals surface area contributed by atoms with Crippen molar-refractivity contribution < 1.29 is 19.1 Å². The van der Waals surface area contributed by atoms with Crippen molar-refractivity contribution in [2.24, 2.45) is 0 Å². The Morgan fingerprint density at radius 1 is 1.00 bits per heavy atom. The Balaban J connectivity index is 1.61. The van der Waals surface area contributed by atoms with Crippen molar-refractivity contribution in [3.63, 3.8) is 0 Å². The molecule has 1 atom stereocenters. The maximum absolute atomic E-state index is 12.8. The second-order valence-corrected chi connectivity index (χ2v) is 8.60. The van der Waals surface area contributed by atoms with Gasteiger partial charge in [-0.1, -0.05) is 24.3 Å². The summed E-state index contributed by atoms with van der Waals surface area (Å²) < 4.78 is 11.3. The van der Waals surface area contributed by atoms with E-state index < -0.39 is 0 Å². The lowest BCUT2D eigenvalue weighted by Gasteiger charge is -2.46. The summed E-state index contributed by atoms with van der Waals surface area (Å²) in [6.45, 7) is 5.26. The number of hydrogen-bond donors (Lipinski definition) is 0. The number of rotatable bonds is 5. The first-order valence-electron chi connectivity index (χ1n) is 10.1. The third-order valence-electron chi connectivity index (χ3n) is 6.23. The van der Waals surface area contributed by atoms with Gasteiger partial charge in [0.1, 0.15) is 5.75 Å². The van der Waals surface area contributed by atoms with Crippen LogP contribution in [0.4, 0.5) is 0 Å². The van der Waals surface area contributed by atoms with Crippen LogP contribution in [0.3, 0.4) is 0 Å². The molecule has 2 aromatic rings. The van der Waals surface area contributed by atoms with Gasteiger partial charge in [0.25, 0.3) is 11.8 Å². The van der Waals surface area contributed by atoms with Crippen LogP contribution in [0, 0.1) is 0 Å². The molecule has 29 heavy (non-hydrogen) atoms. The third kappa shape index (κ3) is 3.55. The molecule has 152 valence electrons. The molecule has 0 bridgehead atoms. The second-order valence-electron chi connectivity index (χ2n) is 8.60. The molecule has 0 N–H and O–H groups in total. The van der Waals surface area contributed by atoms with Crippen LogP contribution in [0.5, 0.6) is 5.75 Å². The van der Waals surface area contributed by atoms with E-state index >= 15 is 0 Å². The van der Waals surface area contributed by atoms with Crippen molar-refractivity contribution in [2.45, 2.75) is 44.1 Å². The van der Waals surface area contributed by atoms with Gasteiger partial charge >= 0.3 is 0 Å². The largest absolute Gasteiger partial charge is 0.497 e. The molecule has 0 saturated carbocycles. The highest BCUT2D eigenvalue weighted by Crippen LogP contribution is 2.44. The van der Waals surface area contributed by atoms with E-state index in [0.29, 0.717) is 30.7 Å². The highest BCUT2D eigenvalue weighted by Gasteiger charge is 2.44. The molecule has 2 aromatic carbocycles. The highest BCUT2D eigenvalue weighted by molar-refractivity contribution is 6.21. The Kier molecular flexibility index (Phi) is 4.95. The van der Waals surface area contributed by atoms with E-state index in [4.69, 9.17) is 9.47 Å². The molecule has 4 rings (SSSR count). The maximum Gasteiger partial charge on any atom is 0.261 e. The number of carbonyl (C=O) groups excluding carboxylic acids is 2. The Hall–Kier alpha value is -2.66. The average molecular weight is 393 g/mol. The van der Waals surface area contributed by atoms with Crippen molar-refractivity contribution in [1.29, 1.82) is 0 Å². The van der Waals surface area contributed by atoms with Crippen LogP contribution in [-0.2, 0) is 10.2 Å². The lowest BCUT2D eigenvalue weighted by atomic mass is 9.67. The minimum absolute atomic E-state index is 0.163. The number of ether oxygens (including phenoxy) is 2. The number of imide groups is 1. The van der Waals surface area contributed by atoms with Gasteiger partial charge < -0.3 is 9.47 Å². The fourth-order valence-corrected chi connectivity index (χ4v) is 4.79. The van der Waals surface area contributed by atoms with Gasteiger partial charge in [-0.2, -0.15) is 0 Å². The molecule has 0 unspecified atom stereocenters. The quantitative estimate of drug-likeness (QED) is 0.714. The molecule has 2 amide bonds. The van der Waals surface area contributed by atoms with Gasteiger partial charge in [-0.3, -0.25) is 14.5 Å². The first-order chi connectivity index (χ1) is 13.9. The SMILES string of the molecule is COc1ccc([C@@]2(CCN3C(=O)c4ccccc4C3=O)CCOC(C)(C)C2)cc1. The second kappa shape index (κ2) is 7.30. The maximum atomic E-state index is 12.8. The molecule has 0 aromatic heterocycles. The van der Waals surface area contributed by atoms with Crippen LogP contribution >= 0.6 is 0 Å². The van der Waals surface area contributed by atoms with Crippen LogP contribution in [0.1, 0.15) is 59.4 Å². The average Bonchev–Trinajstić information content (AvgIpc) is 2.96. The van der Waals surface area contributed by atoms with E-state index in [0.717, 1.165) is 18.6 Å². The zero-order valence-electron chi connectivity index (χ0n) is 17.2. The summed E-state index contributed by atoms with van der Waals surface area (Å²) in [4.78, 5) is 27.0. The Morgan fingerprint density at radius 3 is 2.17 bits per heavy atom. The standard InChI is InChI=1S/C24H27NO4/c1-23(2)16-24(13-15-29-23,17-8-10-18(28-3)11-9-17)12-14-25-21(26)19-6-4-5-7-20(19)22(25)27/h4-11H,12-16H2,1-3H3/t24-/m0/s1. The summed E-state index contributed by atoms with van der Waals surface area (Å²) >= 11 is 0. The summed E-state index contributed by atoms with van der Waals surface area (Å²) in [5.41, 5.74) is 1.78. The summed E-state index contributed by atoms with van der Waals surface area (Å²) in [7, 11) is 1.66. The van der Waals surface area contributed by atoms with Gasteiger partial charge in [0.15, 0.2) is 0 Å². The molecule has 1 saturated heterocycles. The van der Waals surface area contributed by atoms with Gasteiger partial charge in [-0.05, 0) is 62.9 Å². The molecule has 5 heteroatoms. The van der Waals surface area contributed by atoms with Crippen LogP contribution in [0.25, 0.3) is 0 Å². The third-order valence-corrected chi connectivity index (χ3v) is 6.23. The van der Waals surface area contributed by atoms with Crippen molar-refractivity contribution in [3.8, 4) is 5.75 Å². The van der Waals surface area contributed by atoms with Gasteiger partial charge in [0.05, 0.1) is 23.8 Å².